The van der Waals surface area contributed by atoms with Crippen LogP contribution < -0.4 is 0 Å². The zero-order valence-corrected chi connectivity index (χ0v) is 11.8. The van der Waals surface area contributed by atoms with E-state index >= 15 is 0 Å². The minimum atomic E-state index is -0.429. The van der Waals surface area contributed by atoms with Crippen molar-refractivity contribution in [2.24, 2.45) is 5.92 Å². The minimum Gasteiger partial charge on any atom is -0.444 e. The highest BCUT2D eigenvalue weighted by Crippen LogP contribution is 2.23. The lowest BCUT2D eigenvalue weighted by molar-refractivity contribution is -0.108. The number of amides is 1. The maximum absolute atomic E-state index is 11.9. The minimum absolute atomic E-state index is 0.206. The molecule has 4 nitrogen and oxygen atoms in total. The zero-order valence-electron chi connectivity index (χ0n) is 11.8. The summed E-state index contributed by atoms with van der Waals surface area (Å²) in [6.07, 6.45) is 5.53. The van der Waals surface area contributed by atoms with Crippen LogP contribution in [0, 0.1) is 5.92 Å². The first-order valence-electron chi connectivity index (χ1n) is 6.84. The lowest BCUT2D eigenvalue weighted by Crippen LogP contribution is -2.42. The van der Waals surface area contributed by atoms with Crippen LogP contribution in [0.15, 0.2) is 0 Å². The van der Waals surface area contributed by atoms with E-state index in [0.717, 1.165) is 45.1 Å². The fraction of sp³-hybridized carbons (Fsp3) is 0.857. The van der Waals surface area contributed by atoms with E-state index in [0.29, 0.717) is 12.3 Å². The Morgan fingerprint density at radius 3 is 2.78 bits per heavy atom. The normalized spacial score (nSPS) is 20.6. The molecule has 1 rings (SSSR count). The van der Waals surface area contributed by atoms with Gasteiger partial charge in [0.05, 0.1) is 0 Å². The van der Waals surface area contributed by atoms with Crippen LogP contribution in [0.1, 0.15) is 52.9 Å². The Labute approximate surface area is 110 Å². The predicted molar refractivity (Wildman–Crippen MR) is 70.4 cm³/mol. The SMILES string of the molecule is CC(C)(C)OC(=O)N1CCCC(CCCC=O)C1. The van der Waals surface area contributed by atoms with E-state index < -0.39 is 5.60 Å². The molecule has 0 bridgehead atoms. The van der Waals surface area contributed by atoms with Gasteiger partial charge in [0.1, 0.15) is 11.9 Å². The van der Waals surface area contributed by atoms with E-state index in [2.05, 4.69) is 0 Å². The number of unbranched alkanes of at least 4 members (excludes halogenated alkanes) is 1. The molecule has 0 aliphatic carbocycles. The van der Waals surface area contributed by atoms with Crippen LogP contribution in [-0.4, -0.2) is 36.0 Å². The van der Waals surface area contributed by atoms with Gasteiger partial charge in [-0.2, -0.15) is 0 Å². The van der Waals surface area contributed by atoms with Gasteiger partial charge < -0.3 is 14.4 Å². The third kappa shape index (κ3) is 5.52. The van der Waals surface area contributed by atoms with Crippen molar-refractivity contribution >= 4 is 12.4 Å². The molecule has 1 amide bonds. The summed E-state index contributed by atoms with van der Waals surface area (Å²) in [5.74, 6) is 0.520. The Morgan fingerprint density at radius 1 is 1.44 bits per heavy atom. The average molecular weight is 255 g/mol. The first-order valence-corrected chi connectivity index (χ1v) is 6.84. The quantitative estimate of drug-likeness (QED) is 0.573. The third-order valence-electron chi connectivity index (χ3n) is 3.11. The fourth-order valence-electron chi connectivity index (χ4n) is 2.28. The van der Waals surface area contributed by atoms with Crippen LogP contribution in [0.25, 0.3) is 0 Å². The summed E-state index contributed by atoms with van der Waals surface area (Å²) in [5.41, 5.74) is -0.429. The molecule has 1 fully saturated rings. The number of hydrogen-bond acceptors (Lipinski definition) is 3. The number of carbonyl (C=O) groups excluding carboxylic acids is 2. The number of piperidine rings is 1. The Kier molecular flexibility index (Phi) is 5.63. The Balaban J connectivity index is 2.38. The molecular formula is C14H25NO3. The molecule has 0 N–H and O–H groups in total. The second-order valence-corrected chi connectivity index (χ2v) is 6.03. The molecule has 0 radical (unpaired) electrons. The van der Waals surface area contributed by atoms with Gasteiger partial charge in [-0.1, -0.05) is 0 Å². The van der Waals surface area contributed by atoms with Crippen LogP contribution in [0.4, 0.5) is 4.79 Å². The lowest BCUT2D eigenvalue weighted by Gasteiger charge is -2.34. The number of nitrogens with zero attached hydrogens (tertiary/aromatic N) is 1. The maximum Gasteiger partial charge on any atom is 0.410 e. The zero-order chi connectivity index (χ0) is 13.6. The van der Waals surface area contributed by atoms with E-state index in [4.69, 9.17) is 4.74 Å². The second-order valence-electron chi connectivity index (χ2n) is 6.03. The van der Waals surface area contributed by atoms with Crippen molar-refractivity contribution in [3.63, 3.8) is 0 Å². The summed E-state index contributed by atoms with van der Waals surface area (Å²) in [6, 6.07) is 0. The van der Waals surface area contributed by atoms with Crippen LogP contribution in [-0.2, 0) is 9.53 Å². The van der Waals surface area contributed by atoms with Gasteiger partial charge in [-0.05, 0) is 52.4 Å². The molecular weight excluding hydrogens is 230 g/mol. The van der Waals surface area contributed by atoms with E-state index in [-0.39, 0.29) is 6.09 Å². The first kappa shape index (κ1) is 15.0. The summed E-state index contributed by atoms with van der Waals surface area (Å²) < 4.78 is 5.38. The summed E-state index contributed by atoms with van der Waals surface area (Å²) in [5, 5.41) is 0. The number of hydrogen-bond donors (Lipinski definition) is 0. The molecule has 0 aromatic rings. The number of ether oxygens (including phenoxy) is 1. The van der Waals surface area contributed by atoms with Crippen molar-refractivity contribution in [3.05, 3.63) is 0 Å². The van der Waals surface area contributed by atoms with Crippen molar-refractivity contribution in [3.8, 4) is 0 Å². The van der Waals surface area contributed by atoms with Gasteiger partial charge in [-0.3, -0.25) is 0 Å². The van der Waals surface area contributed by atoms with Crippen LogP contribution >= 0.6 is 0 Å². The van der Waals surface area contributed by atoms with Gasteiger partial charge in [0.15, 0.2) is 0 Å². The van der Waals surface area contributed by atoms with Gasteiger partial charge in [0, 0.05) is 19.5 Å². The number of aldehydes is 1. The molecule has 0 spiro atoms. The summed E-state index contributed by atoms with van der Waals surface area (Å²) in [6.45, 7) is 7.22. The Bertz CT molecular complexity index is 283. The first-order chi connectivity index (χ1) is 8.42. The van der Waals surface area contributed by atoms with E-state index in [1.807, 2.05) is 20.8 Å². The van der Waals surface area contributed by atoms with Crippen LogP contribution in [0.3, 0.4) is 0 Å². The van der Waals surface area contributed by atoms with Gasteiger partial charge >= 0.3 is 6.09 Å². The van der Waals surface area contributed by atoms with Crippen molar-refractivity contribution < 1.29 is 14.3 Å². The standard InChI is InChI=1S/C14H25NO3/c1-14(2,3)18-13(17)15-9-6-8-12(11-15)7-4-5-10-16/h10,12H,4-9,11H2,1-3H3. The number of rotatable bonds is 4. The second kappa shape index (κ2) is 6.76. The molecule has 0 aromatic carbocycles. The molecule has 104 valence electrons. The number of carbonyl (C=O) groups is 2. The highest BCUT2D eigenvalue weighted by atomic mass is 16.6. The Morgan fingerprint density at radius 2 is 2.17 bits per heavy atom. The summed E-state index contributed by atoms with van der Waals surface area (Å²) in [4.78, 5) is 24.0. The molecule has 1 saturated heterocycles. The smallest absolute Gasteiger partial charge is 0.410 e. The monoisotopic (exact) mass is 255 g/mol. The highest BCUT2D eigenvalue weighted by molar-refractivity contribution is 5.68. The van der Waals surface area contributed by atoms with E-state index in [9.17, 15) is 9.59 Å². The van der Waals surface area contributed by atoms with Crippen LogP contribution in [0.2, 0.25) is 0 Å². The topological polar surface area (TPSA) is 46.6 Å². The molecule has 1 aliphatic rings. The van der Waals surface area contributed by atoms with Crippen molar-refractivity contribution in [1.82, 2.24) is 4.90 Å². The Hall–Kier alpha value is -1.06. The molecule has 18 heavy (non-hydrogen) atoms. The van der Waals surface area contributed by atoms with Gasteiger partial charge in [-0.15, -0.1) is 0 Å². The third-order valence-corrected chi connectivity index (χ3v) is 3.11. The van der Waals surface area contributed by atoms with Crippen LogP contribution in [0.5, 0.6) is 0 Å². The van der Waals surface area contributed by atoms with Gasteiger partial charge in [0.2, 0.25) is 0 Å². The summed E-state index contributed by atoms with van der Waals surface area (Å²) >= 11 is 0. The number of likely N-dealkylation sites (tertiary alicyclic amines) is 1. The van der Waals surface area contributed by atoms with Gasteiger partial charge in [-0.25, -0.2) is 4.79 Å². The van der Waals surface area contributed by atoms with Crippen molar-refractivity contribution in [2.45, 2.75) is 58.5 Å². The molecule has 0 saturated carbocycles. The molecule has 1 aliphatic heterocycles. The lowest BCUT2D eigenvalue weighted by atomic mass is 9.93. The molecule has 1 unspecified atom stereocenters. The average Bonchev–Trinajstić information content (AvgIpc) is 2.27. The summed E-state index contributed by atoms with van der Waals surface area (Å²) in [7, 11) is 0. The largest absolute Gasteiger partial charge is 0.444 e. The van der Waals surface area contributed by atoms with Gasteiger partial charge in [0.25, 0.3) is 0 Å². The van der Waals surface area contributed by atoms with Crippen molar-refractivity contribution in [1.29, 1.82) is 0 Å². The molecule has 1 heterocycles. The van der Waals surface area contributed by atoms with E-state index in [1.165, 1.54) is 0 Å². The maximum atomic E-state index is 11.9. The van der Waals surface area contributed by atoms with E-state index in [1.54, 1.807) is 4.90 Å². The molecule has 4 heteroatoms. The fourth-order valence-corrected chi connectivity index (χ4v) is 2.28. The molecule has 0 aromatic heterocycles. The van der Waals surface area contributed by atoms with Crippen molar-refractivity contribution in [2.75, 3.05) is 13.1 Å². The molecule has 1 atom stereocenters. The predicted octanol–water partition coefficient (Wildman–Crippen LogP) is 3.00. The highest BCUT2D eigenvalue weighted by Gasteiger charge is 2.27.